The number of aromatic nitrogens is 4. The van der Waals surface area contributed by atoms with Crippen molar-refractivity contribution < 1.29 is 4.52 Å². The van der Waals surface area contributed by atoms with E-state index < -0.39 is 0 Å². The van der Waals surface area contributed by atoms with E-state index in [1.807, 2.05) is 18.2 Å². The van der Waals surface area contributed by atoms with E-state index in [-0.39, 0.29) is 18.4 Å². The molecule has 2 aromatic heterocycles. The van der Waals surface area contributed by atoms with Gasteiger partial charge in [-0.3, -0.25) is 10.00 Å². The van der Waals surface area contributed by atoms with Crippen molar-refractivity contribution >= 4 is 23.3 Å². The van der Waals surface area contributed by atoms with Gasteiger partial charge < -0.3 is 9.84 Å². The van der Waals surface area contributed by atoms with Gasteiger partial charge >= 0.3 is 0 Å². The predicted octanol–water partition coefficient (Wildman–Crippen LogP) is 1.61. The van der Waals surface area contributed by atoms with Crippen LogP contribution < -0.4 is 5.32 Å². The molecule has 0 aliphatic carbocycles. The molecule has 1 fully saturated rings. The van der Waals surface area contributed by atoms with Gasteiger partial charge in [-0.05, 0) is 19.2 Å². The molecule has 0 saturated carbocycles. The summed E-state index contributed by atoms with van der Waals surface area (Å²) >= 11 is 0. The van der Waals surface area contributed by atoms with Crippen molar-refractivity contribution in [1.29, 1.82) is 0 Å². The van der Waals surface area contributed by atoms with Crippen molar-refractivity contribution in [2.24, 2.45) is 0 Å². The molecule has 1 aromatic carbocycles. The summed E-state index contributed by atoms with van der Waals surface area (Å²) in [5.74, 6) is 1.26. The Hall–Kier alpha value is -1.96. The molecule has 0 amide bonds. The number of halogens is 1. The van der Waals surface area contributed by atoms with Crippen molar-refractivity contribution in [3.05, 3.63) is 30.2 Å². The van der Waals surface area contributed by atoms with Crippen LogP contribution in [0.1, 0.15) is 11.9 Å². The Morgan fingerprint density at radius 3 is 3.14 bits per heavy atom. The van der Waals surface area contributed by atoms with Crippen LogP contribution in [0.25, 0.3) is 22.4 Å². The maximum absolute atomic E-state index is 5.47. The maximum atomic E-state index is 5.47. The minimum absolute atomic E-state index is 0. The van der Waals surface area contributed by atoms with E-state index in [4.69, 9.17) is 4.52 Å². The van der Waals surface area contributed by atoms with Gasteiger partial charge in [0, 0.05) is 25.0 Å². The molecule has 22 heavy (non-hydrogen) atoms. The lowest BCUT2D eigenvalue weighted by Crippen LogP contribution is -2.44. The number of hydrogen-bond acceptors (Lipinski definition) is 6. The number of hydrogen-bond donors (Lipinski definition) is 2. The lowest BCUT2D eigenvalue weighted by atomic mass is 10.1. The molecule has 1 aliphatic heterocycles. The SMILES string of the molecule is CN1CCNCC1c1noc(-c2cccc3[nH]ncc23)n1.Cl. The summed E-state index contributed by atoms with van der Waals surface area (Å²) in [6.45, 7) is 2.81. The highest BCUT2D eigenvalue weighted by Gasteiger charge is 2.25. The molecule has 3 heterocycles. The molecule has 0 radical (unpaired) electrons. The fraction of sp³-hybridized carbons (Fsp3) is 0.357. The number of rotatable bonds is 2. The van der Waals surface area contributed by atoms with E-state index in [0.29, 0.717) is 5.89 Å². The first-order valence-corrected chi connectivity index (χ1v) is 7.00. The highest BCUT2D eigenvalue weighted by Crippen LogP contribution is 2.27. The molecule has 7 nitrogen and oxygen atoms in total. The zero-order valence-electron chi connectivity index (χ0n) is 12.1. The van der Waals surface area contributed by atoms with Gasteiger partial charge in [0.15, 0.2) is 5.82 Å². The molecule has 1 aliphatic rings. The summed E-state index contributed by atoms with van der Waals surface area (Å²) in [6, 6.07) is 6.05. The summed E-state index contributed by atoms with van der Waals surface area (Å²) < 4.78 is 5.47. The summed E-state index contributed by atoms with van der Waals surface area (Å²) in [7, 11) is 2.08. The Bertz CT molecular complexity index is 769. The highest BCUT2D eigenvalue weighted by molar-refractivity contribution is 5.91. The maximum Gasteiger partial charge on any atom is 0.258 e. The van der Waals surface area contributed by atoms with E-state index >= 15 is 0 Å². The Morgan fingerprint density at radius 1 is 1.36 bits per heavy atom. The second-order valence-electron chi connectivity index (χ2n) is 5.30. The second-order valence-corrected chi connectivity index (χ2v) is 5.30. The van der Waals surface area contributed by atoms with Gasteiger partial charge in [-0.15, -0.1) is 12.4 Å². The first-order valence-electron chi connectivity index (χ1n) is 7.00. The van der Waals surface area contributed by atoms with Gasteiger partial charge in [0.05, 0.1) is 23.3 Å². The first kappa shape index (κ1) is 15.0. The molecule has 0 bridgehead atoms. The quantitative estimate of drug-likeness (QED) is 0.746. The number of piperazine rings is 1. The number of fused-ring (bicyclic) bond motifs is 1. The number of aromatic amines is 1. The number of nitrogens with zero attached hydrogens (tertiary/aromatic N) is 4. The zero-order chi connectivity index (χ0) is 14.2. The Balaban J connectivity index is 0.00000144. The number of nitrogens with one attached hydrogen (secondary N) is 2. The summed E-state index contributed by atoms with van der Waals surface area (Å²) in [5, 5.41) is 15.5. The molecule has 4 rings (SSSR count). The molecular weight excluding hydrogens is 304 g/mol. The average Bonchev–Trinajstić information content (AvgIpc) is 3.16. The van der Waals surface area contributed by atoms with Crippen LogP contribution in [0.4, 0.5) is 0 Å². The third kappa shape index (κ3) is 2.47. The van der Waals surface area contributed by atoms with E-state index in [2.05, 4.69) is 37.6 Å². The van der Waals surface area contributed by atoms with Crippen molar-refractivity contribution in [3.8, 4) is 11.5 Å². The van der Waals surface area contributed by atoms with Gasteiger partial charge in [0.25, 0.3) is 5.89 Å². The van der Waals surface area contributed by atoms with Crippen LogP contribution in [-0.2, 0) is 0 Å². The van der Waals surface area contributed by atoms with E-state index in [0.717, 1.165) is 41.9 Å². The van der Waals surface area contributed by atoms with Crippen molar-refractivity contribution in [1.82, 2.24) is 30.6 Å². The van der Waals surface area contributed by atoms with Crippen LogP contribution in [-0.4, -0.2) is 51.9 Å². The van der Waals surface area contributed by atoms with E-state index in [1.165, 1.54) is 0 Å². The zero-order valence-corrected chi connectivity index (χ0v) is 12.9. The summed E-state index contributed by atoms with van der Waals surface area (Å²) in [5.41, 5.74) is 1.87. The minimum atomic E-state index is 0. The number of benzene rings is 1. The van der Waals surface area contributed by atoms with Gasteiger partial charge in [-0.25, -0.2) is 0 Å². The summed E-state index contributed by atoms with van der Waals surface area (Å²) in [4.78, 5) is 6.82. The Morgan fingerprint density at radius 2 is 2.27 bits per heavy atom. The van der Waals surface area contributed by atoms with Crippen LogP contribution in [0.3, 0.4) is 0 Å². The lowest BCUT2D eigenvalue weighted by Gasteiger charge is -2.30. The van der Waals surface area contributed by atoms with E-state index in [9.17, 15) is 0 Å². The number of H-pyrrole nitrogens is 1. The van der Waals surface area contributed by atoms with Gasteiger partial charge in [-0.1, -0.05) is 11.2 Å². The fourth-order valence-corrected chi connectivity index (χ4v) is 2.73. The second kappa shape index (κ2) is 6.04. The molecule has 2 N–H and O–H groups in total. The molecule has 0 spiro atoms. The third-order valence-electron chi connectivity index (χ3n) is 3.97. The van der Waals surface area contributed by atoms with Crippen LogP contribution >= 0.6 is 12.4 Å². The van der Waals surface area contributed by atoms with Gasteiger partial charge in [0.1, 0.15) is 0 Å². The highest BCUT2D eigenvalue weighted by atomic mass is 35.5. The third-order valence-corrected chi connectivity index (χ3v) is 3.97. The van der Waals surface area contributed by atoms with Crippen LogP contribution in [0.2, 0.25) is 0 Å². The Labute approximate surface area is 133 Å². The Kier molecular flexibility index (Phi) is 4.10. The molecule has 1 saturated heterocycles. The van der Waals surface area contributed by atoms with Crippen LogP contribution in [0, 0.1) is 0 Å². The van der Waals surface area contributed by atoms with Gasteiger partial charge in [0.2, 0.25) is 0 Å². The molecule has 1 atom stereocenters. The van der Waals surface area contributed by atoms with Crippen LogP contribution in [0.15, 0.2) is 28.9 Å². The van der Waals surface area contributed by atoms with Crippen molar-refractivity contribution in [2.45, 2.75) is 6.04 Å². The molecule has 8 heteroatoms. The first-order chi connectivity index (χ1) is 10.3. The standard InChI is InChI=1S/C14H16N6O.ClH/c1-20-6-5-15-8-12(20)13-17-14(21-19-13)9-3-2-4-11-10(9)7-16-18-11;/h2-4,7,12,15H,5-6,8H2,1H3,(H,16,18);1H. The molecular formula is C14H17ClN6O. The summed E-state index contributed by atoms with van der Waals surface area (Å²) in [6.07, 6.45) is 1.78. The monoisotopic (exact) mass is 320 g/mol. The fourth-order valence-electron chi connectivity index (χ4n) is 2.73. The average molecular weight is 321 g/mol. The normalized spacial score (nSPS) is 19.2. The van der Waals surface area contributed by atoms with Crippen molar-refractivity contribution in [3.63, 3.8) is 0 Å². The predicted molar refractivity (Wildman–Crippen MR) is 84.9 cm³/mol. The molecule has 3 aromatic rings. The minimum Gasteiger partial charge on any atom is -0.334 e. The van der Waals surface area contributed by atoms with Crippen molar-refractivity contribution in [2.75, 3.05) is 26.7 Å². The molecule has 1 unspecified atom stereocenters. The lowest BCUT2D eigenvalue weighted by molar-refractivity contribution is 0.190. The largest absolute Gasteiger partial charge is 0.334 e. The van der Waals surface area contributed by atoms with Crippen LogP contribution in [0.5, 0.6) is 0 Å². The van der Waals surface area contributed by atoms with E-state index in [1.54, 1.807) is 6.20 Å². The molecule has 116 valence electrons. The smallest absolute Gasteiger partial charge is 0.258 e. The number of likely N-dealkylation sites (N-methyl/N-ethyl adjacent to an activating group) is 1. The topological polar surface area (TPSA) is 82.9 Å². The van der Waals surface area contributed by atoms with Gasteiger partial charge in [-0.2, -0.15) is 10.1 Å².